The third-order valence-corrected chi connectivity index (χ3v) is 3.08. The van der Waals surface area contributed by atoms with E-state index < -0.39 is 0 Å². The number of fused-ring (bicyclic) bond motifs is 1. The lowest BCUT2D eigenvalue weighted by atomic mass is 10.1. The van der Waals surface area contributed by atoms with Crippen LogP contribution in [0.4, 0.5) is 0 Å². The fourth-order valence-corrected chi connectivity index (χ4v) is 2.04. The van der Waals surface area contributed by atoms with Gasteiger partial charge >= 0.3 is 0 Å². The van der Waals surface area contributed by atoms with Gasteiger partial charge in [0.05, 0.1) is 13.3 Å². The highest BCUT2D eigenvalue weighted by atomic mass is 16.5. The Hall–Kier alpha value is -2.82. The number of methoxy groups -OCH3 is 1. The molecule has 1 aromatic carbocycles. The minimum atomic E-state index is 0.570. The van der Waals surface area contributed by atoms with Crippen LogP contribution in [0.15, 0.2) is 47.3 Å². The summed E-state index contributed by atoms with van der Waals surface area (Å²) in [6.45, 7) is 0. The van der Waals surface area contributed by atoms with Crippen LogP contribution in [0.25, 0.3) is 28.3 Å². The Bertz CT molecular complexity index is 793. The summed E-state index contributed by atoms with van der Waals surface area (Å²) in [7, 11) is 3.45. The lowest BCUT2D eigenvalue weighted by molar-refractivity contribution is 0.413. The topological polar surface area (TPSA) is 60.2 Å². The molecule has 0 aliphatic rings. The molecule has 0 atom stereocenters. The molecule has 0 fully saturated rings. The van der Waals surface area contributed by atoms with E-state index in [0.29, 0.717) is 5.89 Å². The summed E-state index contributed by atoms with van der Waals surface area (Å²) in [5.41, 5.74) is 3.55. The first kappa shape index (κ1) is 13.2. The van der Waals surface area contributed by atoms with E-state index in [9.17, 15) is 0 Å². The van der Waals surface area contributed by atoms with Crippen molar-refractivity contribution in [1.29, 1.82) is 0 Å². The van der Waals surface area contributed by atoms with Crippen LogP contribution in [-0.4, -0.2) is 24.1 Å². The summed E-state index contributed by atoms with van der Waals surface area (Å²) in [5.74, 6) is 1.29. The molecular weight excluding hydrogens is 266 g/mol. The molecule has 0 aliphatic heterocycles. The van der Waals surface area contributed by atoms with Gasteiger partial charge in [0.2, 0.25) is 5.89 Å². The predicted molar refractivity (Wildman–Crippen MR) is 81.9 cm³/mol. The molecule has 2 aromatic heterocycles. The zero-order chi connectivity index (χ0) is 14.7. The predicted octanol–water partition coefficient (Wildman–Crippen LogP) is 3.09. The van der Waals surface area contributed by atoms with Crippen LogP contribution in [0.3, 0.4) is 0 Å². The lowest BCUT2D eigenvalue weighted by Gasteiger charge is -2.03. The Labute approximate surface area is 122 Å². The first-order valence-electron chi connectivity index (χ1n) is 6.54. The highest BCUT2D eigenvalue weighted by Crippen LogP contribution is 2.26. The number of ether oxygens (including phenoxy) is 1. The van der Waals surface area contributed by atoms with Crippen molar-refractivity contribution in [3.05, 3.63) is 48.7 Å². The fourth-order valence-electron chi connectivity index (χ4n) is 2.04. The fraction of sp³-hybridized carbons (Fsp3) is 0.125. The molecule has 1 N–H and O–H groups in total. The van der Waals surface area contributed by atoms with Crippen molar-refractivity contribution < 1.29 is 9.15 Å². The van der Waals surface area contributed by atoms with Crippen molar-refractivity contribution in [2.45, 2.75) is 0 Å². The number of oxazole rings is 1. The van der Waals surface area contributed by atoms with Crippen molar-refractivity contribution in [2.24, 2.45) is 0 Å². The summed E-state index contributed by atoms with van der Waals surface area (Å²) in [4.78, 5) is 8.55. The van der Waals surface area contributed by atoms with Gasteiger partial charge in [0.1, 0.15) is 11.3 Å². The molecule has 21 heavy (non-hydrogen) atoms. The zero-order valence-corrected chi connectivity index (χ0v) is 11.8. The SMILES string of the molecule is CN/C=C/c1nc2ccc(-c3cncc(OC)c3)cc2o1. The van der Waals surface area contributed by atoms with Crippen LogP contribution in [-0.2, 0) is 0 Å². The van der Waals surface area contributed by atoms with E-state index in [-0.39, 0.29) is 0 Å². The number of aromatic nitrogens is 2. The van der Waals surface area contributed by atoms with E-state index in [4.69, 9.17) is 9.15 Å². The Morgan fingerprint density at radius 3 is 2.90 bits per heavy atom. The van der Waals surface area contributed by atoms with E-state index in [0.717, 1.165) is 28.0 Å². The second kappa shape index (κ2) is 5.66. The van der Waals surface area contributed by atoms with Crippen LogP contribution < -0.4 is 10.1 Å². The first-order valence-corrected chi connectivity index (χ1v) is 6.54. The standard InChI is InChI=1S/C16H15N3O2/c1-17-6-5-16-19-14-4-3-11(8-15(14)21-16)12-7-13(20-2)10-18-9-12/h3-10,17H,1-2H3/b6-5+. The van der Waals surface area contributed by atoms with Crippen molar-refractivity contribution >= 4 is 17.2 Å². The van der Waals surface area contributed by atoms with Gasteiger partial charge < -0.3 is 14.5 Å². The van der Waals surface area contributed by atoms with E-state index >= 15 is 0 Å². The lowest BCUT2D eigenvalue weighted by Crippen LogP contribution is -1.90. The molecule has 0 bridgehead atoms. The molecule has 0 saturated carbocycles. The van der Waals surface area contributed by atoms with Crippen molar-refractivity contribution in [3.63, 3.8) is 0 Å². The van der Waals surface area contributed by atoms with Crippen LogP contribution in [0, 0.1) is 0 Å². The maximum absolute atomic E-state index is 5.70. The molecule has 5 nitrogen and oxygen atoms in total. The normalized spacial score (nSPS) is 11.1. The van der Waals surface area contributed by atoms with Crippen molar-refractivity contribution in [2.75, 3.05) is 14.2 Å². The van der Waals surface area contributed by atoms with Crippen LogP contribution >= 0.6 is 0 Å². The molecule has 0 aliphatic carbocycles. The third kappa shape index (κ3) is 2.72. The molecule has 0 unspecified atom stereocenters. The van der Waals surface area contributed by atoms with E-state index in [1.54, 1.807) is 31.8 Å². The summed E-state index contributed by atoms with van der Waals surface area (Å²) in [6.07, 6.45) is 7.03. The summed E-state index contributed by atoms with van der Waals surface area (Å²) in [6, 6.07) is 7.82. The monoisotopic (exact) mass is 281 g/mol. The summed E-state index contributed by atoms with van der Waals surface area (Å²) >= 11 is 0. The molecule has 2 heterocycles. The molecule has 0 amide bonds. The zero-order valence-electron chi connectivity index (χ0n) is 11.8. The number of rotatable bonds is 4. The van der Waals surface area contributed by atoms with Gasteiger partial charge in [0, 0.05) is 31.1 Å². The van der Waals surface area contributed by atoms with Gasteiger partial charge in [-0.25, -0.2) is 4.98 Å². The Morgan fingerprint density at radius 1 is 1.19 bits per heavy atom. The molecule has 3 aromatic rings. The van der Waals surface area contributed by atoms with Crippen molar-refractivity contribution in [3.8, 4) is 16.9 Å². The number of nitrogens with one attached hydrogen (secondary N) is 1. The highest BCUT2D eigenvalue weighted by molar-refractivity contribution is 5.81. The van der Waals surface area contributed by atoms with E-state index in [1.165, 1.54) is 0 Å². The van der Waals surface area contributed by atoms with E-state index in [2.05, 4.69) is 15.3 Å². The average molecular weight is 281 g/mol. The van der Waals surface area contributed by atoms with Gasteiger partial charge in [-0.05, 0) is 23.8 Å². The number of benzene rings is 1. The van der Waals surface area contributed by atoms with Gasteiger partial charge in [0.15, 0.2) is 5.58 Å². The molecular formula is C16H15N3O2. The molecule has 3 rings (SSSR count). The van der Waals surface area contributed by atoms with Gasteiger partial charge in [-0.3, -0.25) is 4.98 Å². The van der Waals surface area contributed by atoms with E-state index in [1.807, 2.05) is 31.3 Å². The Kier molecular flexibility index (Phi) is 3.55. The molecule has 5 heteroatoms. The highest BCUT2D eigenvalue weighted by Gasteiger charge is 2.06. The van der Waals surface area contributed by atoms with Crippen LogP contribution in [0.2, 0.25) is 0 Å². The molecule has 0 spiro atoms. The maximum Gasteiger partial charge on any atom is 0.221 e. The third-order valence-electron chi connectivity index (χ3n) is 3.08. The minimum Gasteiger partial charge on any atom is -0.495 e. The minimum absolute atomic E-state index is 0.570. The van der Waals surface area contributed by atoms with Crippen LogP contribution in [0.1, 0.15) is 5.89 Å². The van der Waals surface area contributed by atoms with Gasteiger partial charge in [-0.15, -0.1) is 0 Å². The van der Waals surface area contributed by atoms with Gasteiger partial charge in [-0.2, -0.15) is 0 Å². The number of pyridine rings is 1. The van der Waals surface area contributed by atoms with Gasteiger partial charge in [-0.1, -0.05) is 6.07 Å². The second-order valence-corrected chi connectivity index (χ2v) is 4.47. The molecule has 0 saturated heterocycles. The Balaban J connectivity index is 2.01. The van der Waals surface area contributed by atoms with Gasteiger partial charge in [0.25, 0.3) is 0 Å². The molecule has 0 radical (unpaired) electrons. The quantitative estimate of drug-likeness (QED) is 0.796. The maximum atomic E-state index is 5.70. The molecule has 106 valence electrons. The number of hydrogen-bond donors (Lipinski definition) is 1. The Morgan fingerprint density at radius 2 is 2.10 bits per heavy atom. The largest absolute Gasteiger partial charge is 0.495 e. The average Bonchev–Trinajstić information content (AvgIpc) is 2.94. The number of hydrogen-bond acceptors (Lipinski definition) is 5. The number of nitrogens with zero attached hydrogens (tertiary/aromatic N) is 2. The van der Waals surface area contributed by atoms with Crippen molar-refractivity contribution in [1.82, 2.24) is 15.3 Å². The summed E-state index contributed by atoms with van der Waals surface area (Å²) in [5, 5.41) is 2.91. The second-order valence-electron chi connectivity index (χ2n) is 4.47. The smallest absolute Gasteiger partial charge is 0.221 e. The summed E-state index contributed by atoms with van der Waals surface area (Å²) < 4.78 is 10.9. The first-order chi connectivity index (χ1) is 10.3. The van der Waals surface area contributed by atoms with Crippen LogP contribution in [0.5, 0.6) is 5.75 Å².